The molecule has 0 saturated carbocycles. The number of carbonyl (C=O) groups is 2. The summed E-state index contributed by atoms with van der Waals surface area (Å²) in [5.74, 6) is -2.69. The molecule has 0 amide bonds. The van der Waals surface area contributed by atoms with E-state index in [2.05, 4.69) is 9.84 Å². The van der Waals surface area contributed by atoms with Crippen molar-refractivity contribution in [3.8, 4) is 11.3 Å². The maximum Gasteiger partial charge on any atom is 0.417 e. The Kier molecular flexibility index (Phi) is 6.00. The first-order chi connectivity index (χ1) is 15.6. The molecule has 4 rings (SSSR count). The number of nitrogens with zero attached hydrogens (tertiary/aromatic N) is 2. The summed E-state index contributed by atoms with van der Waals surface area (Å²) in [6.07, 6.45) is -2.35. The number of aromatic nitrogens is 2. The Hall–Kier alpha value is -3.20. The standard InChI is InChI=1S/C23H17ClF4N2O3/c1-33-22(32)13-10-9-12(11-17(13)25)20-14-5-2-3-8-18(14)30(29-20)21(31)19-15(23(26,27)28)6-4-7-16(19)24/h4,6-7,9-11H,2-3,5,8H2,1H3. The van der Waals surface area contributed by atoms with Crippen molar-refractivity contribution in [1.29, 1.82) is 0 Å². The van der Waals surface area contributed by atoms with Gasteiger partial charge in [-0.2, -0.15) is 23.0 Å². The predicted octanol–water partition coefficient (Wildman–Crippen LogP) is 5.72. The van der Waals surface area contributed by atoms with Gasteiger partial charge in [0.2, 0.25) is 0 Å². The minimum atomic E-state index is -4.79. The molecule has 0 radical (unpaired) electrons. The number of ether oxygens (including phenoxy) is 1. The summed E-state index contributed by atoms with van der Waals surface area (Å²) in [6.45, 7) is 0. The van der Waals surface area contributed by atoms with Crippen LogP contribution in [0.25, 0.3) is 11.3 Å². The van der Waals surface area contributed by atoms with Gasteiger partial charge in [0.05, 0.1) is 40.2 Å². The van der Waals surface area contributed by atoms with Gasteiger partial charge in [-0.05, 0) is 49.9 Å². The SMILES string of the molecule is COC(=O)c1ccc(-c2nn(C(=O)c3c(Cl)cccc3C(F)(F)F)c3c2CCCC3)cc1F. The van der Waals surface area contributed by atoms with Crippen LogP contribution in [-0.2, 0) is 23.8 Å². The lowest BCUT2D eigenvalue weighted by Crippen LogP contribution is -2.22. The fraction of sp³-hybridized carbons (Fsp3) is 0.261. The highest BCUT2D eigenvalue weighted by molar-refractivity contribution is 6.34. The van der Waals surface area contributed by atoms with Gasteiger partial charge in [-0.1, -0.05) is 23.7 Å². The van der Waals surface area contributed by atoms with E-state index in [1.165, 1.54) is 18.2 Å². The lowest BCUT2D eigenvalue weighted by atomic mass is 9.93. The van der Waals surface area contributed by atoms with Gasteiger partial charge in [-0.3, -0.25) is 4.79 Å². The Labute approximate surface area is 190 Å². The van der Waals surface area contributed by atoms with E-state index in [1.807, 2.05) is 0 Å². The second-order valence-corrected chi connectivity index (χ2v) is 7.95. The van der Waals surface area contributed by atoms with Crippen LogP contribution < -0.4 is 0 Å². The second-order valence-electron chi connectivity index (χ2n) is 7.54. The van der Waals surface area contributed by atoms with E-state index >= 15 is 0 Å². The number of alkyl halides is 3. The predicted molar refractivity (Wildman–Crippen MR) is 112 cm³/mol. The Morgan fingerprint density at radius 1 is 1.12 bits per heavy atom. The number of halogens is 5. The molecule has 10 heteroatoms. The molecule has 172 valence electrons. The van der Waals surface area contributed by atoms with Gasteiger partial charge < -0.3 is 4.74 Å². The number of fused-ring (bicyclic) bond motifs is 1. The molecule has 0 fully saturated rings. The van der Waals surface area contributed by atoms with Crippen molar-refractivity contribution in [2.24, 2.45) is 0 Å². The zero-order valence-electron chi connectivity index (χ0n) is 17.3. The van der Waals surface area contributed by atoms with E-state index in [-0.39, 0.29) is 16.3 Å². The molecule has 1 aliphatic rings. The molecular formula is C23H17ClF4N2O3. The molecule has 0 aliphatic heterocycles. The van der Waals surface area contributed by atoms with Crippen molar-refractivity contribution in [1.82, 2.24) is 9.78 Å². The van der Waals surface area contributed by atoms with E-state index in [0.717, 1.165) is 42.8 Å². The summed E-state index contributed by atoms with van der Waals surface area (Å²) >= 11 is 6.01. The summed E-state index contributed by atoms with van der Waals surface area (Å²) in [4.78, 5) is 25.0. The van der Waals surface area contributed by atoms with Crippen LogP contribution in [0.3, 0.4) is 0 Å². The highest BCUT2D eigenvalue weighted by Crippen LogP contribution is 2.37. The summed E-state index contributed by atoms with van der Waals surface area (Å²) in [5.41, 5.74) is -0.436. The number of esters is 1. The normalized spacial score (nSPS) is 13.5. The number of hydrogen-bond donors (Lipinski definition) is 0. The van der Waals surface area contributed by atoms with Crippen LogP contribution in [0.5, 0.6) is 0 Å². The lowest BCUT2D eigenvalue weighted by Gasteiger charge is -2.16. The zero-order valence-corrected chi connectivity index (χ0v) is 18.1. The Bertz CT molecular complexity index is 1270. The molecule has 1 aromatic heterocycles. The van der Waals surface area contributed by atoms with E-state index in [0.29, 0.717) is 29.7 Å². The molecule has 0 N–H and O–H groups in total. The third-order valence-corrected chi connectivity index (χ3v) is 5.87. The van der Waals surface area contributed by atoms with E-state index in [4.69, 9.17) is 11.6 Å². The molecule has 0 unspecified atom stereocenters. The molecule has 33 heavy (non-hydrogen) atoms. The van der Waals surface area contributed by atoms with Gasteiger partial charge >= 0.3 is 12.1 Å². The monoisotopic (exact) mass is 480 g/mol. The van der Waals surface area contributed by atoms with E-state index in [1.54, 1.807) is 0 Å². The van der Waals surface area contributed by atoms with Crippen LogP contribution in [0, 0.1) is 5.82 Å². The van der Waals surface area contributed by atoms with Gasteiger partial charge in [0, 0.05) is 11.1 Å². The van der Waals surface area contributed by atoms with E-state index < -0.39 is 35.0 Å². The molecule has 0 spiro atoms. The Morgan fingerprint density at radius 3 is 2.52 bits per heavy atom. The van der Waals surface area contributed by atoms with Crippen molar-refractivity contribution < 1.29 is 31.9 Å². The van der Waals surface area contributed by atoms with Crippen LogP contribution in [0.4, 0.5) is 17.6 Å². The van der Waals surface area contributed by atoms with Gasteiger partial charge in [-0.15, -0.1) is 0 Å². The van der Waals surface area contributed by atoms with Crippen molar-refractivity contribution in [3.05, 3.63) is 75.2 Å². The molecule has 5 nitrogen and oxygen atoms in total. The van der Waals surface area contributed by atoms with Crippen LogP contribution in [-0.4, -0.2) is 28.8 Å². The first-order valence-corrected chi connectivity index (χ1v) is 10.4. The molecule has 1 heterocycles. The van der Waals surface area contributed by atoms with Crippen LogP contribution in [0.2, 0.25) is 5.02 Å². The summed E-state index contributed by atoms with van der Waals surface area (Å²) in [5, 5.41) is 3.95. The molecule has 3 aromatic rings. The Morgan fingerprint density at radius 2 is 1.85 bits per heavy atom. The summed E-state index contributed by atoms with van der Waals surface area (Å²) in [7, 11) is 1.13. The van der Waals surface area contributed by atoms with Crippen molar-refractivity contribution in [2.45, 2.75) is 31.9 Å². The van der Waals surface area contributed by atoms with Gasteiger partial charge in [0.1, 0.15) is 5.82 Å². The summed E-state index contributed by atoms with van der Waals surface area (Å²) in [6, 6.07) is 6.91. The lowest BCUT2D eigenvalue weighted by molar-refractivity contribution is -0.137. The quantitative estimate of drug-likeness (QED) is 0.355. The maximum absolute atomic E-state index is 14.5. The second kappa shape index (κ2) is 8.62. The van der Waals surface area contributed by atoms with Crippen molar-refractivity contribution in [3.63, 3.8) is 0 Å². The topological polar surface area (TPSA) is 61.2 Å². The van der Waals surface area contributed by atoms with Gasteiger partial charge in [0.25, 0.3) is 5.91 Å². The fourth-order valence-electron chi connectivity index (χ4n) is 4.02. The third-order valence-electron chi connectivity index (χ3n) is 5.55. The number of benzene rings is 2. The van der Waals surface area contributed by atoms with Crippen LogP contribution in [0.15, 0.2) is 36.4 Å². The van der Waals surface area contributed by atoms with Crippen LogP contribution >= 0.6 is 11.6 Å². The fourth-order valence-corrected chi connectivity index (χ4v) is 4.28. The van der Waals surface area contributed by atoms with Crippen LogP contribution in [0.1, 0.15) is 50.4 Å². The number of rotatable bonds is 3. The molecule has 0 saturated heterocycles. The highest BCUT2D eigenvalue weighted by Gasteiger charge is 2.38. The Balaban J connectivity index is 1.86. The maximum atomic E-state index is 14.5. The summed E-state index contributed by atoms with van der Waals surface area (Å²) < 4.78 is 60.7. The zero-order chi connectivity index (χ0) is 23.9. The smallest absolute Gasteiger partial charge is 0.417 e. The minimum Gasteiger partial charge on any atom is -0.465 e. The number of hydrogen-bond acceptors (Lipinski definition) is 4. The van der Waals surface area contributed by atoms with Crippen molar-refractivity contribution >= 4 is 23.5 Å². The average Bonchev–Trinajstić information content (AvgIpc) is 3.17. The van der Waals surface area contributed by atoms with Crippen molar-refractivity contribution in [2.75, 3.05) is 7.11 Å². The molecule has 1 aliphatic carbocycles. The average molecular weight is 481 g/mol. The molecule has 2 aromatic carbocycles. The molecular weight excluding hydrogens is 464 g/mol. The van der Waals surface area contributed by atoms with Gasteiger partial charge in [-0.25, -0.2) is 9.18 Å². The minimum absolute atomic E-state index is 0.267. The largest absolute Gasteiger partial charge is 0.465 e. The number of carbonyl (C=O) groups excluding carboxylic acids is 2. The molecule has 0 bridgehead atoms. The first-order valence-electron chi connectivity index (χ1n) is 10.0. The third kappa shape index (κ3) is 4.13. The van der Waals surface area contributed by atoms with Gasteiger partial charge in [0.15, 0.2) is 0 Å². The first kappa shape index (κ1) is 23.0. The van der Waals surface area contributed by atoms with E-state index in [9.17, 15) is 27.2 Å². The number of methoxy groups -OCH3 is 1. The highest BCUT2D eigenvalue weighted by atomic mass is 35.5. The molecule has 0 atom stereocenters.